The molecule has 8 heteroatoms. The monoisotopic (exact) mass is 381 g/mol. The van der Waals surface area contributed by atoms with Gasteiger partial charge in [0.05, 0.1) is 6.54 Å². The Hall–Kier alpha value is -3.42. The molecule has 0 saturated carbocycles. The van der Waals surface area contributed by atoms with Crippen LogP contribution < -0.4 is 10.6 Å². The number of amides is 3. The lowest BCUT2D eigenvalue weighted by Crippen LogP contribution is -2.62. The van der Waals surface area contributed by atoms with Crippen LogP contribution in [0.4, 0.5) is 0 Å². The van der Waals surface area contributed by atoms with E-state index in [1.807, 2.05) is 30.3 Å². The highest BCUT2D eigenvalue weighted by molar-refractivity contribution is 6.01. The minimum Gasteiger partial charge on any atom is -0.350 e. The molecule has 2 aromatic rings. The Morgan fingerprint density at radius 1 is 1.29 bits per heavy atom. The largest absolute Gasteiger partial charge is 0.350 e. The molecule has 1 aromatic carbocycles. The van der Waals surface area contributed by atoms with Gasteiger partial charge in [0, 0.05) is 26.2 Å². The number of nitrogens with zero attached hydrogens (tertiary/aromatic N) is 3. The van der Waals surface area contributed by atoms with E-state index in [4.69, 9.17) is 0 Å². The van der Waals surface area contributed by atoms with Crippen molar-refractivity contribution in [3.63, 3.8) is 0 Å². The maximum absolute atomic E-state index is 12.9. The Balaban J connectivity index is 1.79. The van der Waals surface area contributed by atoms with E-state index in [1.165, 1.54) is 15.6 Å². The molecule has 0 radical (unpaired) electrons. The van der Waals surface area contributed by atoms with Crippen molar-refractivity contribution in [1.82, 2.24) is 25.3 Å². The Morgan fingerprint density at radius 2 is 2.00 bits per heavy atom. The molecule has 1 aliphatic rings. The third kappa shape index (κ3) is 3.53. The van der Waals surface area contributed by atoms with Crippen LogP contribution in [0.25, 0.3) is 0 Å². The minimum absolute atomic E-state index is 0.132. The summed E-state index contributed by atoms with van der Waals surface area (Å²) in [4.78, 5) is 39.2. The molecule has 0 aliphatic carbocycles. The molecule has 1 aliphatic heterocycles. The quantitative estimate of drug-likeness (QED) is 0.729. The van der Waals surface area contributed by atoms with Gasteiger partial charge >= 0.3 is 0 Å². The van der Waals surface area contributed by atoms with Crippen molar-refractivity contribution in [3.8, 4) is 0 Å². The fraction of sp³-hybridized carbons (Fsp3) is 0.300. The highest BCUT2D eigenvalue weighted by Crippen LogP contribution is 2.26. The highest BCUT2D eigenvalue weighted by atomic mass is 16.2. The Kier molecular flexibility index (Phi) is 5.30. The second-order valence-electron chi connectivity index (χ2n) is 6.88. The van der Waals surface area contributed by atoms with E-state index in [0.717, 1.165) is 5.56 Å². The standard InChI is InChI=1S/C20H23N5O3/c1-4-10-21-17(26)15-11-16-18(27)24(3)20(2,13-25(16)23-15)19(28)22-12-14-8-6-5-7-9-14/h4-9,11H,1,10,12-13H2,2-3H3,(H,21,26)(H,22,28)/t20-/m1/s1. The van der Waals surface area contributed by atoms with E-state index < -0.39 is 11.4 Å². The first-order valence-corrected chi connectivity index (χ1v) is 8.94. The predicted molar refractivity (Wildman–Crippen MR) is 104 cm³/mol. The summed E-state index contributed by atoms with van der Waals surface area (Å²) in [5, 5.41) is 9.74. The molecule has 28 heavy (non-hydrogen) atoms. The molecule has 3 rings (SSSR count). The first-order chi connectivity index (χ1) is 13.4. The van der Waals surface area contributed by atoms with Gasteiger partial charge in [-0.25, -0.2) is 0 Å². The van der Waals surface area contributed by atoms with Crippen LogP contribution in [0.15, 0.2) is 49.1 Å². The average molecular weight is 381 g/mol. The number of fused-ring (bicyclic) bond motifs is 1. The van der Waals surface area contributed by atoms with Gasteiger partial charge in [-0.2, -0.15) is 5.10 Å². The molecule has 8 nitrogen and oxygen atoms in total. The molecular formula is C20H23N5O3. The maximum Gasteiger partial charge on any atom is 0.272 e. The number of carbonyl (C=O) groups excluding carboxylic acids is 3. The lowest BCUT2D eigenvalue weighted by Gasteiger charge is -2.40. The van der Waals surface area contributed by atoms with Crippen LogP contribution in [0.3, 0.4) is 0 Å². The number of benzene rings is 1. The summed E-state index contributed by atoms with van der Waals surface area (Å²) in [5.74, 6) is -1.04. The van der Waals surface area contributed by atoms with Gasteiger partial charge in [0.2, 0.25) is 5.91 Å². The van der Waals surface area contributed by atoms with Gasteiger partial charge in [0.25, 0.3) is 11.8 Å². The van der Waals surface area contributed by atoms with Crippen LogP contribution in [-0.4, -0.2) is 51.5 Å². The number of hydrogen-bond acceptors (Lipinski definition) is 4. The number of carbonyl (C=O) groups is 3. The molecule has 0 bridgehead atoms. The number of rotatable bonds is 6. The van der Waals surface area contributed by atoms with Crippen molar-refractivity contribution < 1.29 is 14.4 Å². The van der Waals surface area contributed by atoms with Gasteiger partial charge in [-0.15, -0.1) is 6.58 Å². The van der Waals surface area contributed by atoms with Crippen molar-refractivity contribution >= 4 is 17.7 Å². The van der Waals surface area contributed by atoms with Gasteiger partial charge in [-0.05, 0) is 12.5 Å². The van der Waals surface area contributed by atoms with Crippen LogP contribution in [0, 0.1) is 0 Å². The zero-order valence-corrected chi connectivity index (χ0v) is 15.9. The summed E-state index contributed by atoms with van der Waals surface area (Å²) in [6.45, 7) is 6.05. The average Bonchev–Trinajstić information content (AvgIpc) is 3.13. The van der Waals surface area contributed by atoms with E-state index in [1.54, 1.807) is 20.0 Å². The SMILES string of the molecule is C=CCNC(=O)c1cc2n(n1)C[C@](C)(C(=O)NCc1ccccc1)N(C)C2=O. The summed E-state index contributed by atoms with van der Waals surface area (Å²) in [6.07, 6.45) is 1.56. The van der Waals surface area contributed by atoms with E-state index in [9.17, 15) is 14.4 Å². The molecule has 3 amide bonds. The normalized spacial score (nSPS) is 18.4. The molecule has 2 N–H and O–H groups in total. The summed E-state index contributed by atoms with van der Waals surface area (Å²) in [5.41, 5.74) is 0.247. The molecule has 1 aromatic heterocycles. The smallest absolute Gasteiger partial charge is 0.272 e. The van der Waals surface area contributed by atoms with Gasteiger partial charge in [0.15, 0.2) is 5.69 Å². The van der Waals surface area contributed by atoms with E-state index in [2.05, 4.69) is 22.3 Å². The summed E-state index contributed by atoms with van der Waals surface area (Å²) >= 11 is 0. The van der Waals surface area contributed by atoms with Crippen molar-refractivity contribution in [1.29, 1.82) is 0 Å². The first-order valence-electron chi connectivity index (χ1n) is 8.94. The van der Waals surface area contributed by atoms with Crippen molar-refractivity contribution in [2.75, 3.05) is 13.6 Å². The lowest BCUT2D eigenvalue weighted by atomic mass is 9.96. The number of aromatic nitrogens is 2. The van der Waals surface area contributed by atoms with E-state index >= 15 is 0 Å². The lowest BCUT2D eigenvalue weighted by molar-refractivity contribution is -0.132. The molecule has 146 valence electrons. The van der Waals surface area contributed by atoms with Crippen LogP contribution in [0.1, 0.15) is 33.5 Å². The second kappa shape index (κ2) is 7.67. The second-order valence-corrected chi connectivity index (χ2v) is 6.88. The molecule has 1 atom stereocenters. The zero-order chi connectivity index (χ0) is 20.3. The van der Waals surface area contributed by atoms with Gasteiger partial charge in [-0.1, -0.05) is 36.4 Å². The fourth-order valence-corrected chi connectivity index (χ4v) is 3.06. The molecule has 0 spiro atoms. The third-order valence-corrected chi connectivity index (χ3v) is 4.93. The first kappa shape index (κ1) is 19.3. The minimum atomic E-state index is -1.13. The van der Waals surface area contributed by atoms with Gasteiger partial charge < -0.3 is 15.5 Å². The summed E-state index contributed by atoms with van der Waals surface area (Å²) < 4.78 is 1.42. The van der Waals surface area contributed by atoms with E-state index in [0.29, 0.717) is 13.1 Å². The van der Waals surface area contributed by atoms with Crippen molar-refractivity contribution in [2.24, 2.45) is 0 Å². The molecule has 0 fully saturated rings. The summed E-state index contributed by atoms with van der Waals surface area (Å²) in [6, 6.07) is 11.0. The zero-order valence-electron chi connectivity index (χ0n) is 15.9. The maximum atomic E-state index is 12.9. The van der Waals surface area contributed by atoms with Crippen LogP contribution in [0.2, 0.25) is 0 Å². The molecule has 0 saturated heterocycles. The Bertz CT molecular complexity index is 921. The Labute approximate surface area is 163 Å². The Morgan fingerprint density at radius 3 is 2.68 bits per heavy atom. The molecular weight excluding hydrogens is 358 g/mol. The fourth-order valence-electron chi connectivity index (χ4n) is 3.06. The number of hydrogen-bond donors (Lipinski definition) is 2. The molecule has 2 heterocycles. The number of likely N-dealkylation sites (N-methyl/N-ethyl adjacent to an activating group) is 1. The van der Waals surface area contributed by atoms with Crippen LogP contribution in [-0.2, 0) is 17.9 Å². The van der Waals surface area contributed by atoms with Crippen LogP contribution >= 0.6 is 0 Å². The van der Waals surface area contributed by atoms with Crippen molar-refractivity contribution in [2.45, 2.75) is 25.6 Å². The van der Waals surface area contributed by atoms with Gasteiger partial charge in [-0.3, -0.25) is 19.1 Å². The van der Waals surface area contributed by atoms with Crippen LogP contribution in [0.5, 0.6) is 0 Å². The highest BCUT2D eigenvalue weighted by Gasteiger charge is 2.46. The third-order valence-electron chi connectivity index (χ3n) is 4.93. The topological polar surface area (TPSA) is 96.3 Å². The van der Waals surface area contributed by atoms with Gasteiger partial charge in [0.1, 0.15) is 11.2 Å². The number of nitrogens with one attached hydrogen (secondary N) is 2. The van der Waals surface area contributed by atoms with E-state index in [-0.39, 0.29) is 29.7 Å². The summed E-state index contributed by atoms with van der Waals surface area (Å²) in [7, 11) is 1.58. The molecule has 0 unspecified atom stereocenters. The van der Waals surface area contributed by atoms with Crippen molar-refractivity contribution in [3.05, 3.63) is 66.0 Å². The predicted octanol–water partition coefficient (Wildman–Crippen LogP) is 0.960.